The molecule has 0 atom stereocenters. The molecule has 3 aromatic rings. The topological polar surface area (TPSA) is 55.4 Å². The summed E-state index contributed by atoms with van der Waals surface area (Å²) < 4.78 is 33.4. The quantitative estimate of drug-likeness (QED) is 0.418. The molecule has 6 heteroatoms. The summed E-state index contributed by atoms with van der Waals surface area (Å²) in [4.78, 5) is 0. The van der Waals surface area contributed by atoms with Crippen molar-refractivity contribution in [2.45, 2.75) is 25.7 Å². The minimum atomic E-state index is 0.574. The van der Waals surface area contributed by atoms with E-state index in [0.717, 1.165) is 65.7 Å². The first-order valence-electron chi connectivity index (χ1n) is 11.5. The van der Waals surface area contributed by atoms with E-state index in [2.05, 4.69) is 30.3 Å². The summed E-state index contributed by atoms with van der Waals surface area (Å²) >= 11 is 0. The highest BCUT2D eigenvalue weighted by atomic mass is 16.6. The van der Waals surface area contributed by atoms with Gasteiger partial charge in [0.25, 0.3) is 0 Å². The number of fused-ring (bicyclic) bond motifs is 1. The molecule has 0 amide bonds. The number of ether oxygens (including phenoxy) is 6. The van der Waals surface area contributed by atoms with Crippen LogP contribution in [0.3, 0.4) is 0 Å². The van der Waals surface area contributed by atoms with Gasteiger partial charge in [0.2, 0.25) is 0 Å². The second kappa shape index (κ2) is 11.1. The molecule has 0 saturated heterocycles. The summed E-state index contributed by atoms with van der Waals surface area (Å²) in [5, 5.41) is 0. The van der Waals surface area contributed by atoms with E-state index >= 15 is 0 Å². The van der Waals surface area contributed by atoms with Crippen LogP contribution in [0.15, 0.2) is 48.5 Å². The van der Waals surface area contributed by atoms with Crippen molar-refractivity contribution in [3.8, 4) is 34.5 Å². The Morgan fingerprint density at radius 3 is 1.65 bits per heavy atom. The molecule has 0 aromatic heterocycles. The maximum atomic E-state index is 5.87. The summed E-state index contributed by atoms with van der Waals surface area (Å²) in [5.41, 5.74) is 4.87. The number of hydrogen-bond acceptors (Lipinski definition) is 6. The van der Waals surface area contributed by atoms with E-state index in [9.17, 15) is 0 Å². The largest absolute Gasteiger partial charge is 0.497 e. The van der Waals surface area contributed by atoms with Gasteiger partial charge in [-0.2, -0.15) is 0 Å². The van der Waals surface area contributed by atoms with E-state index in [4.69, 9.17) is 28.4 Å². The van der Waals surface area contributed by atoms with Crippen LogP contribution in [0.5, 0.6) is 34.5 Å². The van der Waals surface area contributed by atoms with Crippen LogP contribution in [-0.4, -0.2) is 41.7 Å². The molecule has 1 aliphatic heterocycles. The zero-order chi connectivity index (χ0) is 23.9. The SMILES string of the molecule is COc1cc(CCc2cc3c(cc2CCc2ccc(OC)c(OC)c2)OCCO3)cc(OC)c1. The second-order valence-electron chi connectivity index (χ2n) is 8.17. The van der Waals surface area contributed by atoms with Crippen molar-refractivity contribution in [1.29, 1.82) is 0 Å². The van der Waals surface area contributed by atoms with Crippen molar-refractivity contribution >= 4 is 0 Å². The van der Waals surface area contributed by atoms with Gasteiger partial charge in [0.1, 0.15) is 24.7 Å². The molecule has 0 unspecified atom stereocenters. The lowest BCUT2D eigenvalue weighted by Crippen LogP contribution is -2.16. The highest BCUT2D eigenvalue weighted by molar-refractivity contribution is 5.49. The van der Waals surface area contributed by atoms with E-state index in [0.29, 0.717) is 13.2 Å². The first-order valence-corrected chi connectivity index (χ1v) is 11.5. The van der Waals surface area contributed by atoms with Crippen LogP contribution in [0.4, 0.5) is 0 Å². The Morgan fingerprint density at radius 1 is 0.559 bits per heavy atom. The zero-order valence-corrected chi connectivity index (χ0v) is 20.3. The predicted molar refractivity (Wildman–Crippen MR) is 131 cm³/mol. The van der Waals surface area contributed by atoms with Crippen molar-refractivity contribution in [3.05, 3.63) is 70.8 Å². The number of aryl methyl sites for hydroxylation is 4. The fourth-order valence-corrected chi connectivity index (χ4v) is 4.24. The number of rotatable bonds is 10. The second-order valence-corrected chi connectivity index (χ2v) is 8.17. The van der Waals surface area contributed by atoms with Gasteiger partial charge in [0.15, 0.2) is 23.0 Å². The fourth-order valence-electron chi connectivity index (χ4n) is 4.24. The van der Waals surface area contributed by atoms with E-state index in [1.165, 1.54) is 16.7 Å². The Morgan fingerprint density at radius 2 is 1.12 bits per heavy atom. The van der Waals surface area contributed by atoms with Crippen LogP contribution >= 0.6 is 0 Å². The summed E-state index contributed by atoms with van der Waals surface area (Å²) in [6.07, 6.45) is 3.48. The average Bonchev–Trinajstić information content (AvgIpc) is 2.89. The molecular weight excluding hydrogens is 432 g/mol. The van der Waals surface area contributed by atoms with Crippen LogP contribution in [0, 0.1) is 0 Å². The highest BCUT2D eigenvalue weighted by Gasteiger charge is 2.17. The zero-order valence-electron chi connectivity index (χ0n) is 20.3. The Kier molecular flexibility index (Phi) is 7.68. The molecule has 0 spiro atoms. The Balaban J connectivity index is 1.56. The lowest BCUT2D eigenvalue weighted by molar-refractivity contribution is 0.171. The summed E-state index contributed by atoms with van der Waals surface area (Å²) in [7, 11) is 6.66. The maximum Gasteiger partial charge on any atom is 0.161 e. The Bertz CT molecular complexity index is 1100. The minimum Gasteiger partial charge on any atom is -0.497 e. The molecule has 0 fully saturated rings. The summed E-state index contributed by atoms with van der Waals surface area (Å²) in [6, 6.07) is 16.4. The van der Waals surface area contributed by atoms with E-state index in [1.807, 2.05) is 18.2 Å². The fraction of sp³-hybridized carbons (Fsp3) is 0.357. The first kappa shape index (κ1) is 23.6. The normalized spacial score (nSPS) is 12.2. The van der Waals surface area contributed by atoms with Gasteiger partial charge in [0.05, 0.1) is 28.4 Å². The third kappa shape index (κ3) is 5.50. The highest BCUT2D eigenvalue weighted by Crippen LogP contribution is 2.35. The van der Waals surface area contributed by atoms with Crippen LogP contribution in [0.1, 0.15) is 22.3 Å². The predicted octanol–water partition coefficient (Wildman–Crippen LogP) is 5.06. The van der Waals surface area contributed by atoms with Crippen molar-refractivity contribution in [1.82, 2.24) is 0 Å². The summed E-state index contributed by atoms with van der Waals surface area (Å²) in [6.45, 7) is 1.15. The van der Waals surface area contributed by atoms with E-state index < -0.39 is 0 Å². The minimum absolute atomic E-state index is 0.574. The first-order chi connectivity index (χ1) is 16.6. The molecule has 0 radical (unpaired) electrons. The molecule has 180 valence electrons. The molecule has 0 bridgehead atoms. The Hall–Kier alpha value is -3.54. The Labute approximate surface area is 201 Å². The van der Waals surface area contributed by atoms with Crippen molar-refractivity contribution in [2.24, 2.45) is 0 Å². The maximum absolute atomic E-state index is 5.87. The number of benzene rings is 3. The smallest absolute Gasteiger partial charge is 0.161 e. The van der Waals surface area contributed by atoms with Gasteiger partial charge >= 0.3 is 0 Å². The van der Waals surface area contributed by atoms with Crippen LogP contribution < -0.4 is 28.4 Å². The molecule has 1 aliphatic rings. The lowest BCUT2D eigenvalue weighted by atomic mass is 9.94. The van der Waals surface area contributed by atoms with E-state index in [1.54, 1.807) is 28.4 Å². The van der Waals surface area contributed by atoms with Crippen LogP contribution in [-0.2, 0) is 25.7 Å². The third-order valence-electron chi connectivity index (χ3n) is 6.09. The number of methoxy groups -OCH3 is 4. The molecule has 1 heterocycles. The van der Waals surface area contributed by atoms with Gasteiger partial charge in [-0.1, -0.05) is 6.07 Å². The lowest BCUT2D eigenvalue weighted by Gasteiger charge is -2.21. The molecule has 0 saturated carbocycles. The molecule has 0 N–H and O–H groups in total. The average molecular weight is 465 g/mol. The number of hydrogen-bond donors (Lipinski definition) is 0. The van der Waals surface area contributed by atoms with Crippen molar-refractivity contribution in [2.75, 3.05) is 41.7 Å². The van der Waals surface area contributed by atoms with Gasteiger partial charge in [-0.05, 0) is 84.3 Å². The molecule has 3 aromatic carbocycles. The van der Waals surface area contributed by atoms with Gasteiger partial charge in [-0.15, -0.1) is 0 Å². The standard InChI is InChI=1S/C28H32O6/c1-29-23-13-20(14-24(18-23)30-2)6-9-22-17-28-27(33-11-12-34-28)16-21(22)8-5-19-7-10-25(31-3)26(15-19)32-4/h7,10,13-18H,5-6,8-9,11-12H2,1-4H3. The van der Waals surface area contributed by atoms with Crippen LogP contribution in [0.2, 0.25) is 0 Å². The monoisotopic (exact) mass is 464 g/mol. The van der Waals surface area contributed by atoms with Gasteiger partial charge < -0.3 is 28.4 Å². The van der Waals surface area contributed by atoms with Gasteiger partial charge in [0, 0.05) is 6.07 Å². The molecule has 0 aliphatic carbocycles. The van der Waals surface area contributed by atoms with Crippen molar-refractivity contribution < 1.29 is 28.4 Å². The van der Waals surface area contributed by atoms with Crippen LogP contribution in [0.25, 0.3) is 0 Å². The molecule has 6 nitrogen and oxygen atoms in total. The van der Waals surface area contributed by atoms with E-state index in [-0.39, 0.29) is 0 Å². The summed E-state index contributed by atoms with van der Waals surface area (Å²) in [5.74, 6) is 4.71. The van der Waals surface area contributed by atoms with Gasteiger partial charge in [-0.25, -0.2) is 0 Å². The molecular formula is C28H32O6. The van der Waals surface area contributed by atoms with Crippen molar-refractivity contribution in [3.63, 3.8) is 0 Å². The van der Waals surface area contributed by atoms with Gasteiger partial charge in [-0.3, -0.25) is 0 Å². The third-order valence-corrected chi connectivity index (χ3v) is 6.09. The molecule has 4 rings (SSSR count). The molecule has 34 heavy (non-hydrogen) atoms.